The molecular formula is C12H14O4. The Hall–Kier alpha value is -1.84. The molecule has 0 spiro atoms. The first-order valence-corrected chi connectivity index (χ1v) is 4.96. The number of carbonyl (C=O) groups is 2. The number of ether oxygens (including phenoxy) is 2. The molecule has 0 saturated heterocycles. The SMILES string of the molecule is CCOC(=O)c1ccc(C(C)=O)c(OC)c1. The number of hydrogen-bond acceptors (Lipinski definition) is 4. The van der Waals surface area contributed by atoms with Crippen LogP contribution in [0, 0.1) is 0 Å². The summed E-state index contributed by atoms with van der Waals surface area (Å²) in [4.78, 5) is 22.7. The predicted molar refractivity (Wildman–Crippen MR) is 59.0 cm³/mol. The quantitative estimate of drug-likeness (QED) is 0.578. The second-order valence-corrected chi connectivity index (χ2v) is 3.19. The number of esters is 1. The third-order valence-corrected chi connectivity index (χ3v) is 2.09. The minimum Gasteiger partial charge on any atom is -0.496 e. The van der Waals surface area contributed by atoms with Crippen LogP contribution in [-0.4, -0.2) is 25.5 Å². The number of methoxy groups -OCH3 is 1. The van der Waals surface area contributed by atoms with Crippen LogP contribution in [0.2, 0.25) is 0 Å². The lowest BCUT2D eigenvalue weighted by molar-refractivity contribution is 0.0525. The first-order valence-electron chi connectivity index (χ1n) is 4.96. The van der Waals surface area contributed by atoms with Crippen LogP contribution in [0.5, 0.6) is 5.75 Å². The summed E-state index contributed by atoms with van der Waals surface area (Å²) in [5.74, 6) is -0.138. The normalized spacial score (nSPS) is 9.69. The van der Waals surface area contributed by atoms with E-state index in [-0.39, 0.29) is 5.78 Å². The maximum Gasteiger partial charge on any atom is 0.338 e. The van der Waals surface area contributed by atoms with Gasteiger partial charge in [0.05, 0.1) is 24.8 Å². The van der Waals surface area contributed by atoms with E-state index in [1.807, 2.05) is 0 Å². The van der Waals surface area contributed by atoms with Crippen LogP contribution in [0.25, 0.3) is 0 Å². The smallest absolute Gasteiger partial charge is 0.338 e. The van der Waals surface area contributed by atoms with Gasteiger partial charge in [-0.15, -0.1) is 0 Å². The number of benzene rings is 1. The van der Waals surface area contributed by atoms with Gasteiger partial charge in [-0.1, -0.05) is 0 Å². The highest BCUT2D eigenvalue weighted by Gasteiger charge is 2.13. The van der Waals surface area contributed by atoms with Crippen molar-refractivity contribution in [3.63, 3.8) is 0 Å². The van der Waals surface area contributed by atoms with Crippen molar-refractivity contribution in [3.05, 3.63) is 29.3 Å². The lowest BCUT2D eigenvalue weighted by Crippen LogP contribution is -2.06. The van der Waals surface area contributed by atoms with Crippen LogP contribution >= 0.6 is 0 Å². The maximum absolute atomic E-state index is 11.4. The number of hydrogen-bond donors (Lipinski definition) is 0. The third-order valence-electron chi connectivity index (χ3n) is 2.09. The van der Waals surface area contributed by atoms with E-state index in [0.717, 1.165) is 0 Å². The molecule has 0 aliphatic heterocycles. The van der Waals surface area contributed by atoms with Crippen LogP contribution in [0.3, 0.4) is 0 Å². The second-order valence-electron chi connectivity index (χ2n) is 3.19. The minimum absolute atomic E-state index is 0.104. The summed E-state index contributed by atoms with van der Waals surface area (Å²) < 4.78 is 9.90. The largest absolute Gasteiger partial charge is 0.496 e. The Morgan fingerprint density at radius 1 is 1.31 bits per heavy atom. The average molecular weight is 222 g/mol. The van der Waals surface area contributed by atoms with Gasteiger partial charge in [0.15, 0.2) is 5.78 Å². The van der Waals surface area contributed by atoms with Gasteiger partial charge in [-0.3, -0.25) is 4.79 Å². The van der Waals surface area contributed by atoms with Crippen molar-refractivity contribution in [1.82, 2.24) is 0 Å². The molecule has 1 rings (SSSR count). The average Bonchev–Trinajstić information content (AvgIpc) is 2.28. The molecule has 0 bridgehead atoms. The molecule has 0 fully saturated rings. The minimum atomic E-state index is -0.420. The van der Waals surface area contributed by atoms with E-state index in [1.54, 1.807) is 19.1 Å². The molecule has 4 heteroatoms. The Kier molecular flexibility index (Phi) is 4.05. The Bertz CT molecular complexity index is 409. The fourth-order valence-electron chi connectivity index (χ4n) is 1.32. The molecule has 0 aliphatic rings. The van der Waals surface area contributed by atoms with E-state index >= 15 is 0 Å². The third kappa shape index (κ3) is 2.59. The molecular weight excluding hydrogens is 208 g/mol. The molecule has 0 aliphatic carbocycles. The van der Waals surface area contributed by atoms with Crippen LogP contribution in [0.15, 0.2) is 18.2 Å². The van der Waals surface area contributed by atoms with E-state index in [2.05, 4.69) is 0 Å². The molecule has 0 unspecified atom stereocenters. The molecule has 0 amide bonds. The Morgan fingerprint density at radius 3 is 2.50 bits per heavy atom. The van der Waals surface area contributed by atoms with E-state index in [9.17, 15) is 9.59 Å². The fraction of sp³-hybridized carbons (Fsp3) is 0.333. The summed E-state index contributed by atoms with van der Waals surface area (Å²) >= 11 is 0. The van der Waals surface area contributed by atoms with Gasteiger partial charge in [-0.05, 0) is 32.0 Å². The first kappa shape index (κ1) is 12.2. The summed E-state index contributed by atoms with van der Waals surface area (Å²) in [6.07, 6.45) is 0. The molecule has 4 nitrogen and oxygen atoms in total. The molecule has 0 N–H and O–H groups in total. The van der Waals surface area contributed by atoms with Crippen molar-refractivity contribution < 1.29 is 19.1 Å². The summed E-state index contributed by atoms with van der Waals surface area (Å²) in [6.45, 7) is 3.50. The molecule has 0 atom stereocenters. The number of Topliss-reactive ketones (excluding diaryl/α,β-unsaturated/α-hetero) is 1. The molecule has 86 valence electrons. The van der Waals surface area contributed by atoms with Crippen LogP contribution in [0.4, 0.5) is 0 Å². The monoisotopic (exact) mass is 222 g/mol. The van der Waals surface area contributed by atoms with Gasteiger partial charge in [-0.25, -0.2) is 4.79 Å². The Labute approximate surface area is 94.2 Å². The van der Waals surface area contributed by atoms with Crippen molar-refractivity contribution >= 4 is 11.8 Å². The van der Waals surface area contributed by atoms with Crippen LogP contribution in [-0.2, 0) is 4.74 Å². The van der Waals surface area contributed by atoms with Gasteiger partial charge in [0, 0.05) is 0 Å². The van der Waals surface area contributed by atoms with E-state index in [4.69, 9.17) is 9.47 Å². The van der Waals surface area contributed by atoms with Crippen molar-refractivity contribution in [2.75, 3.05) is 13.7 Å². The highest BCUT2D eigenvalue weighted by molar-refractivity contribution is 5.98. The highest BCUT2D eigenvalue weighted by atomic mass is 16.5. The first-order chi connectivity index (χ1) is 7.60. The molecule has 0 aromatic heterocycles. The molecule has 0 radical (unpaired) electrons. The van der Waals surface area contributed by atoms with Gasteiger partial charge in [0.2, 0.25) is 0 Å². The lowest BCUT2D eigenvalue weighted by Gasteiger charge is -2.08. The van der Waals surface area contributed by atoms with E-state index < -0.39 is 5.97 Å². The Balaban J connectivity index is 3.08. The van der Waals surface area contributed by atoms with Crippen molar-refractivity contribution in [2.24, 2.45) is 0 Å². The summed E-state index contributed by atoms with van der Waals surface area (Å²) in [6, 6.07) is 4.62. The fourth-order valence-corrected chi connectivity index (χ4v) is 1.32. The summed E-state index contributed by atoms with van der Waals surface area (Å²) in [5, 5.41) is 0. The van der Waals surface area contributed by atoms with Gasteiger partial charge in [-0.2, -0.15) is 0 Å². The summed E-state index contributed by atoms with van der Waals surface area (Å²) in [5.41, 5.74) is 0.833. The molecule has 1 aromatic carbocycles. The second kappa shape index (κ2) is 5.30. The molecule has 0 saturated carbocycles. The molecule has 0 heterocycles. The molecule has 1 aromatic rings. The van der Waals surface area contributed by atoms with Crippen LogP contribution < -0.4 is 4.74 Å². The number of carbonyl (C=O) groups excluding carboxylic acids is 2. The van der Waals surface area contributed by atoms with E-state index in [0.29, 0.717) is 23.5 Å². The number of rotatable bonds is 4. The summed E-state index contributed by atoms with van der Waals surface area (Å²) in [7, 11) is 1.46. The van der Waals surface area contributed by atoms with Crippen molar-refractivity contribution in [3.8, 4) is 5.75 Å². The highest BCUT2D eigenvalue weighted by Crippen LogP contribution is 2.21. The van der Waals surface area contributed by atoms with Gasteiger partial charge < -0.3 is 9.47 Å². The van der Waals surface area contributed by atoms with Crippen LogP contribution in [0.1, 0.15) is 34.6 Å². The van der Waals surface area contributed by atoms with Gasteiger partial charge in [0.1, 0.15) is 5.75 Å². The zero-order chi connectivity index (χ0) is 12.1. The van der Waals surface area contributed by atoms with E-state index in [1.165, 1.54) is 20.1 Å². The van der Waals surface area contributed by atoms with Crippen molar-refractivity contribution in [2.45, 2.75) is 13.8 Å². The Morgan fingerprint density at radius 2 is 2.00 bits per heavy atom. The predicted octanol–water partition coefficient (Wildman–Crippen LogP) is 2.07. The lowest BCUT2D eigenvalue weighted by atomic mass is 10.1. The van der Waals surface area contributed by atoms with Gasteiger partial charge >= 0.3 is 5.97 Å². The standard InChI is InChI=1S/C12H14O4/c1-4-16-12(14)9-5-6-10(8(2)13)11(7-9)15-3/h5-7H,4H2,1-3H3. The zero-order valence-corrected chi connectivity index (χ0v) is 9.57. The zero-order valence-electron chi connectivity index (χ0n) is 9.57. The maximum atomic E-state index is 11.4. The molecule has 16 heavy (non-hydrogen) atoms. The number of ketones is 1. The van der Waals surface area contributed by atoms with Crippen molar-refractivity contribution in [1.29, 1.82) is 0 Å². The van der Waals surface area contributed by atoms with Gasteiger partial charge in [0.25, 0.3) is 0 Å². The topological polar surface area (TPSA) is 52.6 Å².